The van der Waals surface area contributed by atoms with Gasteiger partial charge in [-0.3, -0.25) is 29.5 Å². The second kappa shape index (κ2) is 12.1. The number of fused-ring (bicyclic) bond motifs is 4. The molecule has 2 aromatic carbocycles. The first kappa shape index (κ1) is 29.6. The van der Waals surface area contributed by atoms with Crippen molar-refractivity contribution in [1.29, 1.82) is 0 Å². The summed E-state index contributed by atoms with van der Waals surface area (Å²) in [4.78, 5) is 46.0. The van der Waals surface area contributed by atoms with E-state index in [0.717, 1.165) is 69.3 Å². The molecule has 13 nitrogen and oxygen atoms in total. The minimum Gasteiger partial charge on any atom is -0.507 e. The van der Waals surface area contributed by atoms with Crippen LogP contribution in [0, 0.1) is 0 Å². The summed E-state index contributed by atoms with van der Waals surface area (Å²) in [6.07, 6.45) is 1.71. The molecule has 8 rings (SSSR count). The first-order chi connectivity index (χ1) is 22.9. The number of benzene rings is 2. The smallest absolute Gasteiger partial charge is 0.255 e. The van der Waals surface area contributed by atoms with Crippen LogP contribution in [0.1, 0.15) is 35.2 Å². The molecule has 3 saturated heterocycles. The summed E-state index contributed by atoms with van der Waals surface area (Å²) >= 11 is 0. The molecule has 3 fully saturated rings. The zero-order chi connectivity index (χ0) is 32.1. The third-order valence-electron chi connectivity index (χ3n) is 10.2. The Morgan fingerprint density at radius 2 is 1.81 bits per heavy atom. The number of aromatic nitrogens is 2. The lowest BCUT2D eigenvalue weighted by molar-refractivity contribution is -0.136. The minimum absolute atomic E-state index is 0.177. The predicted molar refractivity (Wildman–Crippen MR) is 173 cm³/mol. The van der Waals surface area contributed by atoms with Crippen molar-refractivity contribution in [3.63, 3.8) is 0 Å². The standard InChI is InChI=1S/C34H38N8O5/c43-30-4-2-1-3-26(30)27-16-29-32(38-37-27)35-17-23-20-40(11-12-41(23)29)22-9-10-39(19-22)13-14-47-24-5-6-25-21(15-24)18-42(34(25)46)28-7-8-31(44)36-33(28)45/h1-6,15-16,22-23,28,43H,7-14,17-20H2,(H,35,38)(H,36,44,45)/t22?,23-,28?/m0/s1. The maximum absolute atomic E-state index is 13.0. The summed E-state index contributed by atoms with van der Waals surface area (Å²) in [5.41, 5.74) is 3.83. The quantitative estimate of drug-likeness (QED) is 0.325. The number of amides is 3. The normalized spacial score (nSPS) is 24.4. The fourth-order valence-electron chi connectivity index (χ4n) is 7.71. The second-order valence-corrected chi connectivity index (χ2v) is 13.0. The third kappa shape index (κ3) is 5.63. The SMILES string of the molecule is O=C1CCC(N2Cc3cc(OCCN4CCC(N5CCN6c7cc(-c8ccccc8O)nnc7NC[C@H]6C5)C4)ccc3C2=O)C(=O)N1. The monoisotopic (exact) mass is 638 g/mol. The van der Waals surface area contributed by atoms with Crippen molar-refractivity contribution in [2.75, 3.05) is 62.6 Å². The van der Waals surface area contributed by atoms with Gasteiger partial charge >= 0.3 is 0 Å². The number of piperazine rings is 1. The third-order valence-corrected chi connectivity index (χ3v) is 10.2. The van der Waals surface area contributed by atoms with Crippen molar-refractivity contribution >= 4 is 29.2 Å². The lowest BCUT2D eigenvalue weighted by atomic mass is 10.0. The molecule has 3 N–H and O–H groups in total. The van der Waals surface area contributed by atoms with E-state index in [2.05, 4.69) is 35.5 Å². The number of rotatable bonds is 7. The summed E-state index contributed by atoms with van der Waals surface area (Å²) in [5, 5.41) is 25.0. The number of hydrogen-bond acceptors (Lipinski definition) is 11. The highest BCUT2D eigenvalue weighted by Crippen LogP contribution is 2.37. The number of carbonyl (C=O) groups excluding carboxylic acids is 3. The van der Waals surface area contributed by atoms with E-state index in [4.69, 9.17) is 4.74 Å². The number of para-hydroxylation sites is 1. The molecule has 5 aliphatic heterocycles. The molecule has 0 saturated carbocycles. The van der Waals surface area contributed by atoms with E-state index in [0.29, 0.717) is 54.2 Å². The molecule has 6 heterocycles. The van der Waals surface area contributed by atoms with Gasteiger partial charge in [0, 0.05) is 69.4 Å². The number of nitrogens with zero attached hydrogens (tertiary/aromatic N) is 6. The Morgan fingerprint density at radius 1 is 0.915 bits per heavy atom. The number of ether oxygens (including phenoxy) is 1. The Hall–Kier alpha value is -4.75. The zero-order valence-electron chi connectivity index (χ0n) is 26.1. The van der Waals surface area contributed by atoms with E-state index >= 15 is 0 Å². The van der Waals surface area contributed by atoms with Gasteiger partial charge in [0.05, 0.1) is 17.4 Å². The number of aromatic hydroxyl groups is 1. The number of phenols is 1. The van der Waals surface area contributed by atoms with Crippen LogP contribution >= 0.6 is 0 Å². The predicted octanol–water partition coefficient (Wildman–Crippen LogP) is 1.68. The Kier molecular flexibility index (Phi) is 7.64. The Labute approximate surface area is 272 Å². The van der Waals surface area contributed by atoms with Gasteiger partial charge in [0.25, 0.3) is 5.91 Å². The molecule has 244 valence electrons. The molecule has 2 unspecified atom stereocenters. The molecular formula is C34H38N8O5. The topological polar surface area (TPSA) is 143 Å². The van der Waals surface area contributed by atoms with Crippen molar-refractivity contribution < 1.29 is 24.2 Å². The van der Waals surface area contributed by atoms with E-state index in [9.17, 15) is 19.5 Å². The van der Waals surface area contributed by atoms with E-state index in [-0.39, 0.29) is 24.0 Å². The fourth-order valence-corrected chi connectivity index (χ4v) is 7.71. The molecule has 3 amide bonds. The van der Waals surface area contributed by atoms with Gasteiger partial charge < -0.3 is 25.0 Å². The van der Waals surface area contributed by atoms with Crippen molar-refractivity contribution in [3.8, 4) is 22.8 Å². The van der Waals surface area contributed by atoms with Crippen LogP contribution in [-0.2, 0) is 16.1 Å². The number of anilines is 2. The molecule has 5 aliphatic rings. The van der Waals surface area contributed by atoms with Crippen molar-refractivity contribution in [2.24, 2.45) is 0 Å². The number of nitrogens with one attached hydrogen (secondary N) is 2. The molecule has 0 radical (unpaired) electrons. The number of piperidine rings is 1. The second-order valence-electron chi connectivity index (χ2n) is 13.0. The number of likely N-dealkylation sites (tertiary alicyclic amines) is 1. The van der Waals surface area contributed by atoms with Crippen LogP contribution in [0.2, 0.25) is 0 Å². The maximum atomic E-state index is 13.0. The highest BCUT2D eigenvalue weighted by atomic mass is 16.5. The number of hydrogen-bond donors (Lipinski definition) is 3. The molecular weight excluding hydrogens is 600 g/mol. The van der Waals surface area contributed by atoms with Crippen molar-refractivity contribution in [1.82, 2.24) is 30.2 Å². The largest absolute Gasteiger partial charge is 0.507 e. The summed E-state index contributed by atoms with van der Waals surface area (Å²) in [5.74, 6) is 0.840. The Morgan fingerprint density at radius 3 is 2.68 bits per heavy atom. The van der Waals surface area contributed by atoms with Gasteiger partial charge in [-0.1, -0.05) is 12.1 Å². The first-order valence-electron chi connectivity index (χ1n) is 16.4. The maximum Gasteiger partial charge on any atom is 0.255 e. The molecule has 0 spiro atoms. The molecule has 13 heteroatoms. The van der Waals surface area contributed by atoms with Crippen LogP contribution in [0.15, 0.2) is 48.5 Å². The van der Waals surface area contributed by atoms with Crippen LogP contribution in [0.4, 0.5) is 11.5 Å². The van der Waals surface area contributed by atoms with Crippen LogP contribution in [0.25, 0.3) is 11.3 Å². The molecule has 47 heavy (non-hydrogen) atoms. The highest BCUT2D eigenvalue weighted by molar-refractivity contribution is 6.05. The summed E-state index contributed by atoms with van der Waals surface area (Å²) in [6.45, 7) is 7.41. The van der Waals surface area contributed by atoms with Gasteiger partial charge in [0.2, 0.25) is 11.8 Å². The van der Waals surface area contributed by atoms with Crippen molar-refractivity contribution in [3.05, 3.63) is 59.7 Å². The number of imide groups is 1. The van der Waals surface area contributed by atoms with Crippen LogP contribution in [-0.4, -0.2) is 118 Å². The zero-order valence-corrected chi connectivity index (χ0v) is 26.1. The van der Waals surface area contributed by atoms with E-state index < -0.39 is 11.9 Å². The molecule has 0 bridgehead atoms. The number of phenolic OH excluding ortho intramolecular Hbond substituents is 1. The van der Waals surface area contributed by atoms with E-state index in [1.807, 2.05) is 30.3 Å². The fraction of sp³-hybridized carbons (Fsp3) is 0.441. The minimum atomic E-state index is -0.620. The lowest BCUT2D eigenvalue weighted by Crippen LogP contribution is -2.60. The highest BCUT2D eigenvalue weighted by Gasteiger charge is 2.40. The lowest BCUT2D eigenvalue weighted by Gasteiger charge is -2.47. The number of carbonyl (C=O) groups is 3. The van der Waals surface area contributed by atoms with E-state index in [1.165, 1.54) is 0 Å². The van der Waals surface area contributed by atoms with Crippen molar-refractivity contribution in [2.45, 2.75) is 43.9 Å². The van der Waals surface area contributed by atoms with Crippen LogP contribution in [0.3, 0.4) is 0 Å². The Balaban J connectivity index is 0.831. The van der Waals surface area contributed by atoms with Crippen LogP contribution < -0.4 is 20.3 Å². The summed E-state index contributed by atoms with van der Waals surface area (Å²) in [7, 11) is 0. The van der Waals surface area contributed by atoms with Gasteiger partial charge in [-0.15, -0.1) is 10.2 Å². The molecule has 1 aromatic heterocycles. The Bertz CT molecular complexity index is 1730. The van der Waals surface area contributed by atoms with Gasteiger partial charge in [-0.05, 0) is 61.3 Å². The van der Waals surface area contributed by atoms with Gasteiger partial charge in [-0.2, -0.15) is 0 Å². The van der Waals surface area contributed by atoms with E-state index in [1.54, 1.807) is 23.1 Å². The first-order valence-corrected chi connectivity index (χ1v) is 16.4. The molecule has 3 aromatic rings. The molecule has 3 atom stereocenters. The summed E-state index contributed by atoms with van der Waals surface area (Å²) in [6, 6.07) is 15.0. The van der Waals surface area contributed by atoms with Gasteiger partial charge in [-0.25, -0.2) is 0 Å². The van der Waals surface area contributed by atoms with Crippen LogP contribution in [0.5, 0.6) is 11.5 Å². The molecule has 0 aliphatic carbocycles. The average molecular weight is 639 g/mol. The van der Waals surface area contributed by atoms with Gasteiger partial charge in [0.1, 0.15) is 24.1 Å². The summed E-state index contributed by atoms with van der Waals surface area (Å²) < 4.78 is 6.13. The van der Waals surface area contributed by atoms with Gasteiger partial charge in [0.15, 0.2) is 5.82 Å². The average Bonchev–Trinajstić information content (AvgIpc) is 3.68.